The zero-order chi connectivity index (χ0) is 12.9. The lowest BCUT2D eigenvalue weighted by atomic mass is 9.99. The number of hydrogen-bond donors (Lipinski definition) is 1. The van der Waals surface area contributed by atoms with Gasteiger partial charge in [0.25, 0.3) is 0 Å². The highest BCUT2D eigenvalue weighted by atomic mass is 19.4. The lowest BCUT2D eigenvalue weighted by Crippen LogP contribution is -2.34. The lowest BCUT2D eigenvalue weighted by molar-refractivity contribution is -0.144. The number of alkyl halides is 3. The van der Waals surface area contributed by atoms with Crippen molar-refractivity contribution in [1.82, 2.24) is 5.32 Å². The Morgan fingerprint density at radius 1 is 1.53 bits per heavy atom. The Morgan fingerprint density at radius 3 is 2.76 bits per heavy atom. The molecule has 0 fully saturated rings. The summed E-state index contributed by atoms with van der Waals surface area (Å²) in [6, 6.07) is -0.194. The molecule has 0 heterocycles. The predicted molar refractivity (Wildman–Crippen MR) is 59.4 cm³/mol. The minimum Gasteiger partial charge on any atom is -0.350 e. The van der Waals surface area contributed by atoms with Crippen molar-refractivity contribution in [2.75, 3.05) is 0 Å². The minimum absolute atomic E-state index is 0.194. The quantitative estimate of drug-likeness (QED) is 0.812. The van der Waals surface area contributed by atoms with Crippen LogP contribution >= 0.6 is 0 Å². The van der Waals surface area contributed by atoms with Gasteiger partial charge < -0.3 is 5.32 Å². The van der Waals surface area contributed by atoms with Crippen molar-refractivity contribution in [2.24, 2.45) is 0 Å². The van der Waals surface area contributed by atoms with Gasteiger partial charge >= 0.3 is 6.18 Å². The molecule has 1 aliphatic rings. The fraction of sp³-hybridized carbons (Fsp3) is 0.583. The number of allylic oxidation sites excluding steroid dienone is 3. The van der Waals surface area contributed by atoms with Crippen molar-refractivity contribution in [3.05, 3.63) is 23.8 Å². The second kappa shape index (κ2) is 5.89. The molecule has 1 rings (SSSR count). The maximum Gasteiger partial charge on any atom is 0.389 e. The van der Waals surface area contributed by atoms with Gasteiger partial charge in [0.1, 0.15) is 0 Å². The number of halogens is 3. The molecule has 0 radical (unpaired) electrons. The molecule has 0 aliphatic heterocycles. The molecule has 0 aromatic heterocycles. The second-order valence-corrected chi connectivity index (χ2v) is 4.11. The fourth-order valence-corrected chi connectivity index (χ4v) is 1.64. The van der Waals surface area contributed by atoms with Crippen molar-refractivity contribution in [2.45, 2.75) is 44.8 Å². The van der Waals surface area contributed by atoms with Crippen molar-refractivity contribution < 1.29 is 18.0 Å². The topological polar surface area (TPSA) is 29.1 Å². The van der Waals surface area contributed by atoms with E-state index in [1.807, 2.05) is 18.2 Å². The molecule has 0 unspecified atom stereocenters. The molecular formula is C12H16F3NO. The van der Waals surface area contributed by atoms with E-state index < -0.39 is 24.9 Å². The SMILES string of the molecule is C[C@@H](NC(=O)CCC(F)(F)F)C1=CC=CCC1. The molecule has 0 saturated heterocycles. The number of rotatable bonds is 4. The highest BCUT2D eigenvalue weighted by molar-refractivity contribution is 5.76. The highest BCUT2D eigenvalue weighted by Crippen LogP contribution is 2.21. The minimum atomic E-state index is -4.27. The van der Waals surface area contributed by atoms with Crippen LogP contribution in [-0.4, -0.2) is 18.1 Å². The van der Waals surface area contributed by atoms with Crippen LogP contribution in [0.3, 0.4) is 0 Å². The van der Waals surface area contributed by atoms with Gasteiger partial charge in [-0.3, -0.25) is 4.79 Å². The van der Waals surface area contributed by atoms with Gasteiger partial charge in [0.2, 0.25) is 5.91 Å². The van der Waals surface area contributed by atoms with Gasteiger partial charge in [-0.2, -0.15) is 13.2 Å². The normalized spacial score (nSPS) is 17.5. The number of nitrogens with one attached hydrogen (secondary N) is 1. The predicted octanol–water partition coefficient (Wildman–Crippen LogP) is 3.11. The van der Waals surface area contributed by atoms with Gasteiger partial charge in [-0.05, 0) is 25.3 Å². The maximum absolute atomic E-state index is 11.9. The number of hydrogen-bond acceptors (Lipinski definition) is 1. The third kappa shape index (κ3) is 5.56. The molecule has 96 valence electrons. The maximum atomic E-state index is 11.9. The van der Waals surface area contributed by atoms with Crippen LogP contribution in [-0.2, 0) is 4.79 Å². The Morgan fingerprint density at radius 2 is 2.24 bits per heavy atom. The van der Waals surface area contributed by atoms with Gasteiger partial charge in [-0.25, -0.2) is 0 Å². The molecule has 1 aliphatic carbocycles. The monoisotopic (exact) mass is 247 g/mol. The Balaban J connectivity index is 2.35. The summed E-state index contributed by atoms with van der Waals surface area (Å²) in [7, 11) is 0. The van der Waals surface area contributed by atoms with Crippen LogP contribution in [0.25, 0.3) is 0 Å². The van der Waals surface area contributed by atoms with Gasteiger partial charge in [0.15, 0.2) is 0 Å². The van der Waals surface area contributed by atoms with E-state index in [2.05, 4.69) is 5.32 Å². The summed E-state index contributed by atoms with van der Waals surface area (Å²) in [6.07, 6.45) is 1.73. The molecule has 0 spiro atoms. The van der Waals surface area contributed by atoms with Crippen LogP contribution in [0, 0.1) is 0 Å². The van der Waals surface area contributed by atoms with Crippen LogP contribution in [0.15, 0.2) is 23.8 Å². The van der Waals surface area contributed by atoms with Gasteiger partial charge in [-0.15, -0.1) is 0 Å². The molecule has 2 nitrogen and oxygen atoms in total. The molecule has 17 heavy (non-hydrogen) atoms. The molecule has 1 N–H and O–H groups in total. The van der Waals surface area contributed by atoms with Crippen LogP contribution < -0.4 is 5.32 Å². The third-order valence-corrected chi connectivity index (χ3v) is 2.62. The first-order valence-corrected chi connectivity index (χ1v) is 5.60. The van der Waals surface area contributed by atoms with Crippen molar-refractivity contribution in [3.8, 4) is 0 Å². The molecule has 0 aromatic carbocycles. The van der Waals surface area contributed by atoms with Gasteiger partial charge in [-0.1, -0.05) is 18.2 Å². The molecule has 0 bridgehead atoms. The Kier molecular flexibility index (Phi) is 4.78. The molecule has 0 saturated carbocycles. The van der Waals surface area contributed by atoms with E-state index >= 15 is 0 Å². The van der Waals surface area contributed by atoms with Crippen LogP contribution in [0.1, 0.15) is 32.6 Å². The van der Waals surface area contributed by atoms with Gasteiger partial charge in [0, 0.05) is 12.5 Å². The summed E-state index contributed by atoms with van der Waals surface area (Å²) in [5.41, 5.74) is 1.05. The van der Waals surface area contributed by atoms with Crippen LogP contribution in [0.4, 0.5) is 13.2 Å². The number of carbonyl (C=O) groups is 1. The average Bonchev–Trinajstić information content (AvgIpc) is 2.27. The Bertz CT molecular complexity index is 331. The van der Waals surface area contributed by atoms with Crippen molar-refractivity contribution in [1.29, 1.82) is 0 Å². The molecule has 1 atom stereocenters. The molecule has 1 amide bonds. The van der Waals surface area contributed by atoms with E-state index in [0.717, 1.165) is 18.4 Å². The summed E-state index contributed by atoms with van der Waals surface area (Å²) in [4.78, 5) is 11.3. The van der Waals surface area contributed by atoms with E-state index in [0.29, 0.717) is 0 Å². The zero-order valence-corrected chi connectivity index (χ0v) is 9.68. The Hall–Kier alpha value is -1.26. The Labute approximate surface area is 98.6 Å². The average molecular weight is 247 g/mol. The number of amides is 1. The van der Waals surface area contributed by atoms with Crippen molar-refractivity contribution in [3.63, 3.8) is 0 Å². The van der Waals surface area contributed by atoms with Crippen LogP contribution in [0.2, 0.25) is 0 Å². The first-order valence-electron chi connectivity index (χ1n) is 5.60. The lowest BCUT2D eigenvalue weighted by Gasteiger charge is -2.19. The number of carbonyl (C=O) groups excluding carboxylic acids is 1. The first-order chi connectivity index (χ1) is 7.88. The van der Waals surface area contributed by atoms with E-state index in [1.54, 1.807) is 6.92 Å². The molecule has 5 heteroatoms. The highest BCUT2D eigenvalue weighted by Gasteiger charge is 2.28. The van der Waals surface area contributed by atoms with Crippen molar-refractivity contribution >= 4 is 5.91 Å². The molecular weight excluding hydrogens is 231 g/mol. The third-order valence-electron chi connectivity index (χ3n) is 2.62. The van der Waals surface area contributed by atoms with E-state index in [4.69, 9.17) is 0 Å². The summed E-state index contributed by atoms with van der Waals surface area (Å²) in [5.74, 6) is -0.551. The van der Waals surface area contributed by atoms with E-state index in [1.165, 1.54) is 0 Å². The van der Waals surface area contributed by atoms with Gasteiger partial charge in [0.05, 0.1) is 6.42 Å². The van der Waals surface area contributed by atoms with E-state index in [-0.39, 0.29) is 6.04 Å². The fourth-order valence-electron chi connectivity index (χ4n) is 1.64. The zero-order valence-electron chi connectivity index (χ0n) is 9.68. The first kappa shape index (κ1) is 13.8. The largest absolute Gasteiger partial charge is 0.389 e. The molecule has 0 aromatic rings. The summed E-state index contributed by atoms with van der Waals surface area (Å²) in [5, 5.41) is 2.58. The smallest absolute Gasteiger partial charge is 0.350 e. The van der Waals surface area contributed by atoms with Crippen LogP contribution in [0.5, 0.6) is 0 Å². The second-order valence-electron chi connectivity index (χ2n) is 4.11. The summed E-state index contributed by atoms with van der Waals surface area (Å²) < 4.78 is 35.7. The van der Waals surface area contributed by atoms with E-state index in [9.17, 15) is 18.0 Å². The summed E-state index contributed by atoms with van der Waals surface area (Å²) in [6.45, 7) is 1.79. The standard InChI is InChI=1S/C12H16F3NO/c1-9(10-5-3-2-4-6-10)16-11(17)7-8-12(13,14)15/h2-3,5,9H,4,6-8H2,1H3,(H,16,17)/t9-/m1/s1. The summed E-state index contributed by atoms with van der Waals surface area (Å²) >= 11 is 0.